The first-order valence-electron chi connectivity index (χ1n) is 5.89. The lowest BCUT2D eigenvalue weighted by molar-refractivity contribution is 0.860. The number of halogens is 1. The Balaban J connectivity index is 2.59. The van der Waals surface area contributed by atoms with Gasteiger partial charge in [-0.2, -0.15) is 0 Å². The van der Waals surface area contributed by atoms with E-state index in [0.29, 0.717) is 9.39 Å². The lowest BCUT2D eigenvalue weighted by atomic mass is 10.2. The van der Waals surface area contributed by atoms with E-state index in [-0.39, 0.29) is 5.56 Å². The maximum Gasteiger partial charge on any atom is 0.264 e. The zero-order valence-electron chi connectivity index (χ0n) is 10.6. The molecule has 0 amide bonds. The Morgan fingerprint density at radius 1 is 1.44 bits per heavy atom. The van der Waals surface area contributed by atoms with E-state index in [1.54, 1.807) is 11.3 Å². The van der Waals surface area contributed by atoms with Gasteiger partial charge in [0.05, 0.1) is 9.26 Å². The summed E-state index contributed by atoms with van der Waals surface area (Å²) in [5.74, 6) is 0.700. The van der Waals surface area contributed by atoms with Gasteiger partial charge in [-0.25, -0.2) is 4.98 Å². The Morgan fingerprint density at radius 2 is 2.17 bits per heavy atom. The van der Waals surface area contributed by atoms with Crippen molar-refractivity contribution in [3.63, 3.8) is 0 Å². The molecule has 0 aromatic carbocycles. The van der Waals surface area contributed by atoms with Gasteiger partial charge in [0.25, 0.3) is 5.56 Å². The molecule has 0 unspecified atom stereocenters. The van der Waals surface area contributed by atoms with Gasteiger partial charge in [0.15, 0.2) is 0 Å². The van der Waals surface area contributed by atoms with Crippen LogP contribution >= 0.6 is 33.9 Å². The molecule has 2 aromatic heterocycles. The number of hydrogen-bond acceptors (Lipinski definition) is 3. The van der Waals surface area contributed by atoms with Crippen LogP contribution in [0, 0.1) is 17.4 Å². The van der Waals surface area contributed by atoms with Gasteiger partial charge in [-0.15, -0.1) is 11.3 Å². The summed E-state index contributed by atoms with van der Waals surface area (Å²) in [5, 5.41) is 0. The van der Waals surface area contributed by atoms with Crippen molar-refractivity contribution < 1.29 is 0 Å². The van der Waals surface area contributed by atoms with Gasteiger partial charge in [0, 0.05) is 15.3 Å². The molecule has 0 spiro atoms. The third-order valence-corrected chi connectivity index (χ3v) is 4.79. The molecular weight excluding hydrogens is 359 g/mol. The molecule has 0 saturated heterocycles. The quantitative estimate of drug-likeness (QED) is 0.834. The van der Waals surface area contributed by atoms with Gasteiger partial charge in [-0.1, -0.05) is 13.3 Å². The van der Waals surface area contributed by atoms with Crippen molar-refractivity contribution in [1.82, 2.24) is 9.97 Å². The molecule has 2 aromatic rings. The summed E-state index contributed by atoms with van der Waals surface area (Å²) in [6, 6.07) is 2.08. The van der Waals surface area contributed by atoms with Crippen LogP contribution in [0.5, 0.6) is 0 Å². The number of nitrogens with one attached hydrogen (secondary N) is 1. The molecule has 0 saturated carbocycles. The molecule has 96 valence electrons. The first kappa shape index (κ1) is 13.7. The van der Waals surface area contributed by atoms with E-state index in [1.165, 1.54) is 9.75 Å². The predicted molar refractivity (Wildman–Crippen MR) is 84.4 cm³/mol. The van der Waals surface area contributed by atoms with Gasteiger partial charge < -0.3 is 4.98 Å². The van der Waals surface area contributed by atoms with Crippen molar-refractivity contribution in [2.45, 2.75) is 33.6 Å². The smallest absolute Gasteiger partial charge is 0.264 e. The Kier molecular flexibility index (Phi) is 4.21. The number of aromatic amines is 1. The van der Waals surface area contributed by atoms with Gasteiger partial charge in [-0.3, -0.25) is 4.79 Å². The number of aryl methyl sites for hydroxylation is 3. The predicted octanol–water partition coefficient (Wildman–Crippen LogP) is 3.67. The van der Waals surface area contributed by atoms with Crippen LogP contribution in [0.1, 0.15) is 28.8 Å². The average Bonchev–Trinajstić information content (AvgIpc) is 2.64. The first-order valence-corrected chi connectivity index (χ1v) is 7.78. The minimum Gasteiger partial charge on any atom is -0.306 e. The maximum absolute atomic E-state index is 11.9. The van der Waals surface area contributed by atoms with Crippen LogP contribution < -0.4 is 5.56 Å². The molecule has 1 N–H and O–H groups in total. The fourth-order valence-electron chi connectivity index (χ4n) is 1.90. The van der Waals surface area contributed by atoms with Crippen LogP contribution in [-0.4, -0.2) is 9.97 Å². The molecule has 5 heteroatoms. The Bertz CT molecular complexity index is 630. The van der Waals surface area contributed by atoms with Crippen LogP contribution in [0.4, 0.5) is 0 Å². The van der Waals surface area contributed by atoms with E-state index in [2.05, 4.69) is 59.4 Å². The third kappa shape index (κ3) is 2.66. The number of aromatic nitrogens is 2. The van der Waals surface area contributed by atoms with Crippen molar-refractivity contribution in [2.24, 2.45) is 0 Å². The molecule has 0 atom stereocenters. The highest BCUT2D eigenvalue weighted by atomic mass is 127. The van der Waals surface area contributed by atoms with Crippen molar-refractivity contribution in [2.75, 3.05) is 0 Å². The summed E-state index contributed by atoms with van der Waals surface area (Å²) < 4.78 is 0.711. The van der Waals surface area contributed by atoms with E-state index < -0.39 is 0 Å². The van der Waals surface area contributed by atoms with E-state index in [0.717, 1.165) is 24.1 Å². The molecule has 0 aliphatic heterocycles. The monoisotopic (exact) mass is 374 g/mol. The maximum atomic E-state index is 11.9. The molecule has 0 aliphatic rings. The van der Waals surface area contributed by atoms with Crippen molar-refractivity contribution in [1.29, 1.82) is 0 Å². The molecular formula is C13H15IN2OS. The van der Waals surface area contributed by atoms with Gasteiger partial charge >= 0.3 is 0 Å². The Labute approximate surface area is 124 Å². The molecule has 0 bridgehead atoms. The number of hydrogen-bond donors (Lipinski definition) is 1. The number of thiophene rings is 1. The van der Waals surface area contributed by atoms with Gasteiger partial charge in [-0.05, 0) is 48.9 Å². The summed E-state index contributed by atoms with van der Waals surface area (Å²) in [7, 11) is 0. The van der Waals surface area contributed by atoms with E-state index in [4.69, 9.17) is 0 Å². The van der Waals surface area contributed by atoms with Crippen LogP contribution in [0.25, 0.3) is 11.4 Å². The number of H-pyrrole nitrogens is 1. The van der Waals surface area contributed by atoms with Crippen LogP contribution in [-0.2, 0) is 6.42 Å². The third-order valence-electron chi connectivity index (χ3n) is 2.71. The van der Waals surface area contributed by atoms with Crippen molar-refractivity contribution >= 4 is 33.9 Å². The fourth-order valence-corrected chi connectivity index (χ4v) is 3.35. The lowest BCUT2D eigenvalue weighted by Crippen LogP contribution is -2.16. The van der Waals surface area contributed by atoms with Gasteiger partial charge in [0.2, 0.25) is 0 Å². The largest absolute Gasteiger partial charge is 0.306 e. The zero-order chi connectivity index (χ0) is 13.3. The highest BCUT2D eigenvalue weighted by Crippen LogP contribution is 2.28. The van der Waals surface area contributed by atoms with E-state index in [1.807, 2.05) is 0 Å². The van der Waals surface area contributed by atoms with Crippen LogP contribution in [0.15, 0.2) is 10.9 Å². The Morgan fingerprint density at radius 3 is 2.72 bits per heavy atom. The SMILES string of the molecule is CCCc1nc(-c2cc(C)sc2C)[nH]c(=O)c1I. The second-order valence-corrected chi connectivity index (χ2v) is 6.79. The van der Waals surface area contributed by atoms with Crippen LogP contribution in [0.3, 0.4) is 0 Å². The lowest BCUT2D eigenvalue weighted by Gasteiger charge is -2.05. The number of rotatable bonds is 3. The second-order valence-electron chi connectivity index (χ2n) is 4.25. The summed E-state index contributed by atoms with van der Waals surface area (Å²) >= 11 is 3.80. The van der Waals surface area contributed by atoms with Gasteiger partial charge in [0.1, 0.15) is 5.82 Å². The van der Waals surface area contributed by atoms with Crippen molar-refractivity contribution in [3.8, 4) is 11.4 Å². The standard InChI is InChI=1S/C13H15IN2OS/c1-4-5-10-11(14)13(17)16-12(15-10)9-6-7(2)18-8(9)3/h6H,4-5H2,1-3H3,(H,15,16,17). The molecule has 2 rings (SSSR count). The normalized spacial score (nSPS) is 10.9. The summed E-state index contributed by atoms with van der Waals surface area (Å²) in [5.41, 5.74) is 1.91. The Hall–Kier alpha value is -0.690. The highest BCUT2D eigenvalue weighted by Gasteiger charge is 2.12. The summed E-state index contributed by atoms with van der Waals surface area (Å²) in [4.78, 5) is 21.8. The first-order chi connectivity index (χ1) is 8.52. The average molecular weight is 374 g/mol. The molecule has 0 aliphatic carbocycles. The van der Waals surface area contributed by atoms with Crippen LogP contribution in [0.2, 0.25) is 0 Å². The summed E-state index contributed by atoms with van der Waals surface area (Å²) in [6.07, 6.45) is 1.84. The summed E-state index contributed by atoms with van der Waals surface area (Å²) in [6.45, 7) is 6.22. The zero-order valence-corrected chi connectivity index (χ0v) is 13.6. The minimum absolute atomic E-state index is 0.0349. The molecule has 2 heterocycles. The van der Waals surface area contributed by atoms with E-state index >= 15 is 0 Å². The second kappa shape index (κ2) is 5.52. The fraction of sp³-hybridized carbons (Fsp3) is 0.385. The highest BCUT2D eigenvalue weighted by molar-refractivity contribution is 14.1. The van der Waals surface area contributed by atoms with Crippen molar-refractivity contribution in [3.05, 3.63) is 35.4 Å². The molecule has 0 fully saturated rings. The minimum atomic E-state index is -0.0349. The van der Waals surface area contributed by atoms with E-state index in [9.17, 15) is 4.79 Å². The molecule has 3 nitrogen and oxygen atoms in total. The number of nitrogens with zero attached hydrogens (tertiary/aromatic N) is 1. The topological polar surface area (TPSA) is 45.8 Å². The molecule has 18 heavy (non-hydrogen) atoms. The molecule has 0 radical (unpaired) electrons.